The van der Waals surface area contributed by atoms with Crippen LogP contribution in [-0.2, 0) is 9.53 Å². The Morgan fingerprint density at radius 2 is 1.88 bits per heavy atom. The molecule has 166 valence electrons. The van der Waals surface area contributed by atoms with Gasteiger partial charge in [0.1, 0.15) is 17.6 Å². The zero-order valence-corrected chi connectivity index (χ0v) is 16.8. The van der Waals surface area contributed by atoms with E-state index in [2.05, 4.69) is 30.1 Å². The molecule has 0 amide bonds. The van der Waals surface area contributed by atoms with Gasteiger partial charge >= 0.3 is 6.18 Å². The van der Waals surface area contributed by atoms with Gasteiger partial charge in [-0.25, -0.2) is 14.8 Å². The van der Waals surface area contributed by atoms with Crippen LogP contribution in [0, 0.1) is 0 Å². The number of isocyanates is 1. The van der Waals surface area contributed by atoms with Gasteiger partial charge in [0.2, 0.25) is 6.08 Å². The number of anilines is 1. The lowest BCUT2D eigenvalue weighted by Crippen LogP contribution is -2.55. The molecule has 2 aromatic heterocycles. The number of H-pyrrole nitrogens is 1. The predicted octanol–water partition coefficient (Wildman–Crippen LogP) is 3.77. The number of aromatic nitrogens is 4. The van der Waals surface area contributed by atoms with E-state index in [9.17, 15) is 18.0 Å². The molecule has 3 atom stereocenters. The maximum Gasteiger partial charge on any atom is 0.402 e. The summed E-state index contributed by atoms with van der Waals surface area (Å²) in [6.45, 7) is 1.02. The molecule has 1 aromatic carbocycles. The molecule has 11 heteroatoms. The number of benzene rings is 1. The molecule has 32 heavy (non-hydrogen) atoms. The molecular formula is C21H19F3N6O2. The summed E-state index contributed by atoms with van der Waals surface area (Å²) in [5.41, 5.74) is 0.428. The number of fused-ring (bicyclic) bond motifs is 3. The zero-order chi connectivity index (χ0) is 22.3. The molecule has 2 bridgehead atoms. The van der Waals surface area contributed by atoms with Crippen molar-refractivity contribution in [3.05, 3.63) is 41.9 Å². The number of morpholine rings is 1. The first-order chi connectivity index (χ1) is 15.5. The number of nitrogens with zero attached hydrogens (tertiary/aromatic N) is 5. The fourth-order valence-corrected chi connectivity index (χ4v) is 4.62. The third kappa shape index (κ3) is 3.63. The lowest BCUT2D eigenvalue weighted by Gasteiger charge is -2.46. The molecule has 5 rings (SSSR count). The van der Waals surface area contributed by atoms with Gasteiger partial charge in [-0.05, 0) is 37.0 Å². The maximum atomic E-state index is 14.2. The Bertz CT molecular complexity index is 1150. The number of piperidine rings is 1. The van der Waals surface area contributed by atoms with Crippen molar-refractivity contribution in [2.24, 2.45) is 4.99 Å². The average Bonchev–Trinajstić information content (AvgIpc) is 3.22. The number of rotatable bonds is 4. The van der Waals surface area contributed by atoms with E-state index in [1.165, 1.54) is 30.3 Å². The number of nitrogens with one attached hydrogen (secondary N) is 1. The van der Waals surface area contributed by atoms with E-state index in [0.29, 0.717) is 24.4 Å². The van der Waals surface area contributed by atoms with Crippen molar-refractivity contribution in [1.29, 1.82) is 0 Å². The first-order valence-corrected chi connectivity index (χ1v) is 10.3. The summed E-state index contributed by atoms with van der Waals surface area (Å²) in [6, 6.07) is 5.32. The highest BCUT2D eigenvalue weighted by atomic mass is 19.4. The summed E-state index contributed by atoms with van der Waals surface area (Å²) < 4.78 is 48.4. The summed E-state index contributed by atoms with van der Waals surface area (Å²) in [4.78, 5) is 24.6. The first-order valence-electron chi connectivity index (χ1n) is 10.3. The molecule has 2 aliphatic heterocycles. The number of hydrogen-bond donors (Lipinski definition) is 1. The highest BCUT2D eigenvalue weighted by Crippen LogP contribution is 2.42. The monoisotopic (exact) mass is 444 g/mol. The van der Waals surface area contributed by atoms with Crippen LogP contribution in [0.5, 0.6) is 0 Å². The third-order valence-electron chi connectivity index (χ3n) is 6.02. The molecule has 1 N–H and O–H groups in total. The van der Waals surface area contributed by atoms with Crippen molar-refractivity contribution in [3.63, 3.8) is 0 Å². The van der Waals surface area contributed by atoms with E-state index in [1.54, 1.807) is 6.20 Å². The van der Waals surface area contributed by atoms with Crippen LogP contribution >= 0.6 is 0 Å². The number of hydrogen-bond acceptors (Lipinski definition) is 7. The van der Waals surface area contributed by atoms with Gasteiger partial charge < -0.3 is 9.64 Å². The van der Waals surface area contributed by atoms with Crippen LogP contribution in [0.25, 0.3) is 11.0 Å². The first kappa shape index (κ1) is 20.6. The Balaban J connectivity index is 1.64. The minimum absolute atomic E-state index is 0.0469. The van der Waals surface area contributed by atoms with Gasteiger partial charge in [0.25, 0.3) is 0 Å². The molecule has 2 saturated heterocycles. The van der Waals surface area contributed by atoms with Gasteiger partial charge in [-0.3, -0.25) is 5.10 Å². The molecule has 0 saturated carbocycles. The molecule has 3 aromatic rings. The molecule has 3 unspecified atom stereocenters. The molecule has 8 nitrogen and oxygen atoms in total. The second-order valence-electron chi connectivity index (χ2n) is 7.99. The quantitative estimate of drug-likeness (QED) is 0.486. The van der Waals surface area contributed by atoms with E-state index in [1.807, 2.05) is 0 Å². The van der Waals surface area contributed by atoms with Crippen molar-refractivity contribution in [1.82, 2.24) is 20.2 Å². The smallest absolute Gasteiger partial charge is 0.377 e. The Morgan fingerprint density at radius 1 is 1.16 bits per heavy atom. The van der Waals surface area contributed by atoms with Crippen molar-refractivity contribution >= 4 is 28.6 Å². The van der Waals surface area contributed by atoms with Gasteiger partial charge in [0.15, 0.2) is 5.65 Å². The Kier molecular flexibility index (Phi) is 5.15. The van der Waals surface area contributed by atoms with Gasteiger partial charge in [0.05, 0.1) is 42.6 Å². The van der Waals surface area contributed by atoms with Gasteiger partial charge in [-0.15, -0.1) is 0 Å². The van der Waals surface area contributed by atoms with Crippen LogP contribution in [0.15, 0.2) is 35.5 Å². The van der Waals surface area contributed by atoms with Crippen molar-refractivity contribution in [2.45, 2.75) is 43.4 Å². The number of aromatic amines is 1. The number of halogens is 3. The van der Waals surface area contributed by atoms with Crippen LogP contribution in [0.4, 0.5) is 24.7 Å². The maximum absolute atomic E-state index is 14.2. The van der Waals surface area contributed by atoms with E-state index in [0.717, 1.165) is 19.3 Å². The van der Waals surface area contributed by atoms with Gasteiger partial charge in [-0.2, -0.15) is 23.3 Å². The third-order valence-corrected chi connectivity index (χ3v) is 6.02. The number of carbonyl (C=O) groups excluding carboxylic acids is 1. The van der Waals surface area contributed by atoms with E-state index >= 15 is 0 Å². The summed E-state index contributed by atoms with van der Waals surface area (Å²) >= 11 is 0. The lowest BCUT2D eigenvalue weighted by atomic mass is 9.93. The van der Waals surface area contributed by atoms with E-state index in [-0.39, 0.29) is 34.8 Å². The summed E-state index contributed by atoms with van der Waals surface area (Å²) in [7, 11) is 0. The fraction of sp³-hybridized carbons (Fsp3) is 0.429. The highest BCUT2D eigenvalue weighted by molar-refractivity contribution is 5.87. The van der Waals surface area contributed by atoms with Crippen LogP contribution in [-0.4, -0.2) is 57.7 Å². The van der Waals surface area contributed by atoms with Crippen molar-refractivity contribution in [2.75, 3.05) is 18.1 Å². The summed E-state index contributed by atoms with van der Waals surface area (Å²) in [6.07, 6.45) is 1.10. The normalized spacial score (nSPS) is 21.9. The van der Waals surface area contributed by atoms with Gasteiger partial charge in [-0.1, -0.05) is 12.1 Å². The summed E-state index contributed by atoms with van der Waals surface area (Å²) in [5, 5.41) is 7.29. The number of alkyl halides is 3. The second-order valence-corrected chi connectivity index (χ2v) is 7.99. The van der Waals surface area contributed by atoms with Crippen LogP contribution in [0.1, 0.15) is 36.6 Å². The molecule has 0 aliphatic carbocycles. The molecule has 2 aliphatic rings. The highest BCUT2D eigenvalue weighted by Gasteiger charge is 2.45. The fourth-order valence-electron chi connectivity index (χ4n) is 4.62. The largest absolute Gasteiger partial charge is 0.402 e. The Labute approximate surface area is 180 Å². The lowest BCUT2D eigenvalue weighted by molar-refractivity contribution is -0.142. The molecule has 0 spiro atoms. The summed E-state index contributed by atoms with van der Waals surface area (Å²) in [5.74, 6) is -1.96. The second kappa shape index (κ2) is 7.99. The standard InChI is InChI=1S/C21H19F3N6O2/c22-21(23,24)17(12-4-6-13(7-5-12)25-11-31)19-27-18-16(8-26-29-18)20(28-19)30-14-2-1-3-15(30)10-32-9-14/h4-8,14-15,17H,1-3,9-10H2,(H,26,27,28,29). The van der Waals surface area contributed by atoms with Crippen molar-refractivity contribution < 1.29 is 22.7 Å². The van der Waals surface area contributed by atoms with Crippen molar-refractivity contribution in [3.8, 4) is 0 Å². The minimum atomic E-state index is -4.64. The van der Waals surface area contributed by atoms with E-state index < -0.39 is 12.1 Å². The average molecular weight is 444 g/mol. The molecule has 2 fully saturated rings. The van der Waals surface area contributed by atoms with E-state index in [4.69, 9.17) is 4.74 Å². The topological polar surface area (TPSA) is 96.4 Å². The Hall–Kier alpha value is -3.30. The van der Waals surface area contributed by atoms with Crippen LogP contribution < -0.4 is 4.90 Å². The number of ether oxygens (including phenoxy) is 1. The Morgan fingerprint density at radius 3 is 2.53 bits per heavy atom. The van der Waals surface area contributed by atoms with Gasteiger partial charge in [0, 0.05) is 0 Å². The molecular weight excluding hydrogens is 425 g/mol. The van der Waals surface area contributed by atoms with Crippen LogP contribution in [0.2, 0.25) is 0 Å². The number of aliphatic imine (C=N–C) groups is 1. The van der Waals surface area contributed by atoms with Crippen LogP contribution in [0.3, 0.4) is 0 Å². The molecule has 0 radical (unpaired) electrons. The predicted molar refractivity (Wildman–Crippen MR) is 109 cm³/mol. The minimum Gasteiger partial charge on any atom is -0.377 e. The molecule has 4 heterocycles. The zero-order valence-electron chi connectivity index (χ0n) is 16.8. The SMILES string of the molecule is O=C=Nc1ccc(C(c2nc(N3C4CCCC3COC4)c3cn[nH]c3n2)C(F)(F)F)cc1.